The number of aromatic nitrogens is 2. The molecule has 1 aliphatic heterocycles. The van der Waals surface area contributed by atoms with Gasteiger partial charge in [0.2, 0.25) is 11.8 Å². The maximum atomic E-state index is 12.4. The molecular formula is C16H24N4O4. The Labute approximate surface area is 140 Å². The lowest BCUT2D eigenvalue weighted by Crippen LogP contribution is -2.45. The van der Waals surface area contributed by atoms with Crippen molar-refractivity contribution >= 4 is 23.6 Å². The van der Waals surface area contributed by atoms with Gasteiger partial charge in [0.15, 0.2) is 5.82 Å². The molecular weight excluding hydrogens is 312 g/mol. The molecule has 0 spiro atoms. The maximum absolute atomic E-state index is 12.4. The van der Waals surface area contributed by atoms with Gasteiger partial charge in [-0.25, -0.2) is 0 Å². The Morgan fingerprint density at radius 3 is 2.88 bits per heavy atom. The third-order valence-corrected chi connectivity index (χ3v) is 4.33. The van der Waals surface area contributed by atoms with Crippen molar-refractivity contribution in [1.29, 1.82) is 0 Å². The zero-order chi connectivity index (χ0) is 17.7. The minimum Gasteiger partial charge on any atom is -0.480 e. The number of carboxylic acids is 1. The molecule has 1 aromatic rings. The van der Waals surface area contributed by atoms with E-state index in [1.165, 1.54) is 10.9 Å². The first-order chi connectivity index (χ1) is 11.4. The SMILES string of the molecule is CCC(C)C(=O)N1CCCC(C(=O)Nc2ccn(CC(=O)O)n2)C1. The van der Waals surface area contributed by atoms with Crippen LogP contribution in [0.2, 0.25) is 0 Å². The summed E-state index contributed by atoms with van der Waals surface area (Å²) in [7, 11) is 0. The highest BCUT2D eigenvalue weighted by molar-refractivity contribution is 5.92. The Bertz CT molecular complexity index is 613. The van der Waals surface area contributed by atoms with Crippen LogP contribution in [0.3, 0.4) is 0 Å². The first-order valence-electron chi connectivity index (χ1n) is 8.25. The number of amides is 2. The molecule has 0 bridgehead atoms. The van der Waals surface area contributed by atoms with Gasteiger partial charge in [-0.1, -0.05) is 13.8 Å². The zero-order valence-electron chi connectivity index (χ0n) is 14.1. The topological polar surface area (TPSA) is 105 Å². The summed E-state index contributed by atoms with van der Waals surface area (Å²) < 4.78 is 1.25. The van der Waals surface area contributed by atoms with Crippen molar-refractivity contribution in [3.8, 4) is 0 Å². The van der Waals surface area contributed by atoms with Crippen molar-refractivity contribution in [3.63, 3.8) is 0 Å². The van der Waals surface area contributed by atoms with Crippen molar-refractivity contribution in [1.82, 2.24) is 14.7 Å². The highest BCUT2D eigenvalue weighted by Crippen LogP contribution is 2.20. The van der Waals surface area contributed by atoms with Gasteiger partial charge < -0.3 is 15.3 Å². The standard InChI is InChI=1S/C16H24N4O4/c1-3-11(2)16(24)19-7-4-5-12(9-19)15(23)17-13-6-8-20(18-13)10-14(21)22/h6,8,11-12H,3-5,7,9-10H2,1-2H3,(H,21,22)(H,17,18,23). The Hall–Kier alpha value is -2.38. The summed E-state index contributed by atoms with van der Waals surface area (Å²) in [5.74, 6) is -1.05. The highest BCUT2D eigenvalue weighted by Gasteiger charge is 2.30. The fourth-order valence-electron chi connectivity index (χ4n) is 2.76. The molecule has 2 heterocycles. The quantitative estimate of drug-likeness (QED) is 0.812. The molecule has 1 aliphatic rings. The number of nitrogens with zero attached hydrogens (tertiary/aromatic N) is 3. The van der Waals surface area contributed by atoms with E-state index in [1.54, 1.807) is 11.0 Å². The van der Waals surface area contributed by atoms with Gasteiger partial charge in [0, 0.05) is 31.3 Å². The number of anilines is 1. The Morgan fingerprint density at radius 1 is 1.46 bits per heavy atom. The lowest BCUT2D eigenvalue weighted by atomic mass is 9.95. The predicted molar refractivity (Wildman–Crippen MR) is 87.3 cm³/mol. The molecule has 0 saturated carbocycles. The Kier molecular flexibility index (Phi) is 5.94. The fraction of sp³-hybridized carbons (Fsp3) is 0.625. The van der Waals surface area contributed by atoms with E-state index in [1.807, 2.05) is 13.8 Å². The number of carboxylic acid groups (broad SMARTS) is 1. The summed E-state index contributed by atoms with van der Waals surface area (Å²) in [5, 5.41) is 15.4. The molecule has 0 aliphatic carbocycles. The predicted octanol–water partition coefficient (Wildman–Crippen LogP) is 1.19. The van der Waals surface area contributed by atoms with Gasteiger partial charge in [0.05, 0.1) is 5.92 Å². The number of piperidine rings is 1. The summed E-state index contributed by atoms with van der Waals surface area (Å²) in [6.45, 7) is 4.74. The molecule has 8 heteroatoms. The van der Waals surface area contributed by atoms with Gasteiger partial charge in [0.25, 0.3) is 0 Å². The lowest BCUT2D eigenvalue weighted by molar-refractivity contribution is -0.139. The maximum Gasteiger partial charge on any atom is 0.325 e. The molecule has 8 nitrogen and oxygen atoms in total. The molecule has 0 radical (unpaired) electrons. The van der Waals surface area contributed by atoms with Crippen molar-refractivity contribution in [2.75, 3.05) is 18.4 Å². The van der Waals surface area contributed by atoms with E-state index in [-0.39, 0.29) is 30.2 Å². The summed E-state index contributed by atoms with van der Waals surface area (Å²) in [4.78, 5) is 37.1. The second-order valence-corrected chi connectivity index (χ2v) is 6.21. The van der Waals surface area contributed by atoms with Crippen LogP contribution in [0.1, 0.15) is 33.1 Å². The second-order valence-electron chi connectivity index (χ2n) is 6.21. The van der Waals surface area contributed by atoms with Crippen LogP contribution >= 0.6 is 0 Å². The van der Waals surface area contributed by atoms with Crippen LogP contribution in [-0.2, 0) is 20.9 Å². The van der Waals surface area contributed by atoms with Crippen molar-refractivity contribution in [3.05, 3.63) is 12.3 Å². The monoisotopic (exact) mass is 336 g/mol. The smallest absolute Gasteiger partial charge is 0.325 e. The first-order valence-corrected chi connectivity index (χ1v) is 8.25. The number of hydrogen-bond acceptors (Lipinski definition) is 4. The average Bonchev–Trinajstić information content (AvgIpc) is 2.99. The third kappa shape index (κ3) is 4.56. The van der Waals surface area contributed by atoms with Gasteiger partial charge in [-0.15, -0.1) is 0 Å². The van der Waals surface area contributed by atoms with Crippen LogP contribution in [0, 0.1) is 11.8 Å². The van der Waals surface area contributed by atoms with Crippen LogP contribution in [0.15, 0.2) is 12.3 Å². The van der Waals surface area contributed by atoms with Gasteiger partial charge in [-0.3, -0.25) is 19.1 Å². The van der Waals surface area contributed by atoms with Crippen LogP contribution < -0.4 is 5.32 Å². The number of nitrogens with one attached hydrogen (secondary N) is 1. The number of hydrogen-bond donors (Lipinski definition) is 2. The minimum absolute atomic E-state index is 0.0291. The molecule has 2 rings (SSSR count). The molecule has 0 aromatic carbocycles. The van der Waals surface area contributed by atoms with E-state index in [9.17, 15) is 14.4 Å². The zero-order valence-corrected chi connectivity index (χ0v) is 14.1. The number of likely N-dealkylation sites (tertiary alicyclic amines) is 1. The third-order valence-electron chi connectivity index (χ3n) is 4.33. The van der Waals surface area contributed by atoms with E-state index in [0.29, 0.717) is 18.9 Å². The summed E-state index contributed by atoms with van der Waals surface area (Å²) in [6, 6.07) is 1.56. The highest BCUT2D eigenvalue weighted by atomic mass is 16.4. The number of carbonyl (C=O) groups excluding carboxylic acids is 2. The largest absolute Gasteiger partial charge is 0.480 e. The van der Waals surface area contributed by atoms with E-state index in [2.05, 4.69) is 10.4 Å². The van der Waals surface area contributed by atoms with Crippen molar-refractivity contribution in [2.45, 2.75) is 39.7 Å². The molecule has 2 atom stereocenters. The molecule has 2 unspecified atom stereocenters. The van der Waals surface area contributed by atoms with Crippen LogP contribution in [-0.4, -0.2) is 50.7 Å². The minimum atomic E-state index is -0.998. The lowest BCUT2D eigenvalue weighted by Gasteiger charge is -2.33. The number of rotatable bonds is 6. The molecule has 2 N–H and O–H groups in total. The van der Waals surface area contributed by atoms with Crippen molar-refractivity contribution in [2.24, 2.45) is 11.8 Å². The van der Waals surface area contributed by atoms with E-state index >= 15 is 0 Å². The van der Waals surface area contributed by atoms with Gasteiger partial charge in [0.1, 0.15) is 6.54 Å². The second kappa shape index (κ2) is 7.94. The van der Waals surface area contributed by atoms with Gasteiger partial charge in [-0.05, 0) is 19.3 Å². The molecule has 24 heavy (non-hydrogen) atoms. The van der Waals surface area contributed by atoms with Gasteiger partial charge >= 0.3 is 5.97 Å². The average molecular weight is 336 g/mol. The van der Waals surface area contributed by atoms with Crippen LogP contribution in [0.25, 0.3) is 0 Å². The first kappa shape index (κ1) is 18.0. The normalized spacial score (nSPS) is 18.9. The van der Waals surface area contributed by atoms with E-state index in [0.717, 1.165) is 19.3 Å². The molecule has 1 aromatic heterocycles. The number of carbonyl (C=O) groups is 3. The summed E-state index contributed by atoms with van der Waals surface area (Å²) >= 11 is 0. The molecule has 1 fully saturated rings. The Balaban J connectivity index is 1.93. The van der Waals surface area contributed by atoms with Crippen LogP contribution in [0.5, 0.6) is 0 Å². The number of aliphatic carboxylic acids is 1. The van der Waals surface area contributed by atoms with Gasteiger partial charge in [-0.2, -0.15) is 5.10 Å². The van der Waals surface area contributed by atoms with E-state index < -0.39 is 5.97 Å². The molecule has 1 saturated heterocycles. The van der Waals surface area contributed by atoms with Crippen LogP contribution in [0.4, 0.5) is 5.82 Å². The Morgan fingerprint density at radius 2 is 2.21 bits per heavy atom. The van der Waals surface area contributed by atoms with Crippen molar-refractivity contribution < 1.29 is 19.5 Å². The fourth-order valence-corrected chi connectivity index (χ4v) is 2.76. The summed E-state index contributed by atoms with van der Waals surface area (Å²) in [6.07, 6.45) is 3.82. The summed E-state index contributed by atoms with van der Waals surface area (Å²) in [5.41, 5.74) is 0. The molecule has 2 amide bonds. The van der Waals surface area contributed by atoms with E-state index in [4.69, 9.17) is 5.11 Å². The molecule has 132 valence electrons.